The quantitative estimate of drug-likeness (QED) is 0.290. The first kappa shape index (κ1) is 21.7. The van der Waals surface area contributed by atoms with Gasteiger partial charge in [-0.25, -0.2) is 13.2 Å². The van der Waals surface area contributed by atoms with E-state index >= 15 is 0 Å². The Bertz CT molecular complexity index is 1040. The van der Waals surface area contributed by atoms with Crippen LogP contribution in [0, 0.1) is 17.5 Å². The van der Waals surface area contributed by atoms with Gasteiger partial charge in [0.15, 0.2) is 0 Å². The lowest BCUT2D eigenvalue weighted by Crippen LogP contribution is -2.11. The summed E-state index contributed by atoms with van der Waals surface area (Å²) < 4.78 is 80.5. The predicted molar refractivity (Wildman–Crippen MR) is 105 cm³/mol. The fourth-order valence-electron chi connectivity index (χ4n) is 3.21. The standard InChI is InChI=1S/C24H18F6/c1-2-3-4-5-15-6-8-16(9-7-15)17-10-11-19(20(25)12-17)18-13-21(26)23(22(27)14-18)24(28,29)30/h2-3,6-14H,4-5H2,1H3/b3-2+. The highest BCUT2D eigenvalue weighted by Crippen LogP contribution is 2.37. The molecule has 0 saturated carbocycles. The van der Waals surface area contributed by atoms with E-state index in [1.54, 1.807) is 6.07 Å². The Balaban J connectivity index is 1.89. The number of hydrogen-bond donors (Lipinski definition) is 0. The molecular formula is C24H18F6. The van der Waals surface area contributed by atoms with Gasteiger partial charge in [-0.05, 0) is 60.2 Å². The Morgan fingerprint density at radius 1 is 0.733 bits per heavy atom. The van der Waals surface area contributed by atoms with Gasteiger partial charge >= 0.3 is 6.18 Å². The van der Waals surface area contributed by atoms with Gasteiger partial charge in [0.05, 0.1) is 0 Å². The summed E-state index contributed by atoms with van der Waals surface area (Å²) in [5, 5.41) is 0. The minimum absolute atomic E-state index is 0.187. The van der Waals surface area contributed by atoms with Crippen molar-refractivity contribution < 1.29 is 26.3 Å². The van der Waals surface area contributed by atoms with Crippen molar-refractivity contribution in [2.24, 2.45) is 0 Å². The van der Waals surface area contributed by atoms with Crippen LogP contribution in [0.4, 0.5) is 26.3 Å². The molecule has 6 heteroatoms. The van der Waals surface area contributed by atoms with Gasteiger partial charge in [-0.3, -0.25) is 0 Å². The monoisotopic (exact) mass is 420 g/mol. The molecule has 0 amide bonds. The number of allylic oxidation sites excluding steroid dienone is 2. The van der Waals surface area contributed by atoms with Crippen LogP contribution in [0.2, 0.25) is 0 Å². The molecule has 3 aromatic rings. The zero-order valence-corrected chi connectivity index (χ0v) is 16.0. The van der Waals surface area contributed by atoms with Gasteiger partial charge < -0.3 is 0 Å². The molecule has 0 unspecified atom stereocenters. The molecule has 0 heterocycles. The number of alkyl halides is 3. The fourth-order valence-corrected chi connectivity index (χ4v) is 3.21. The van der Waals surface area contributed by atoms with E-state index in [0.29, 0.717) is 17.7 Å². The van der Waals surface area contributed by atoms with Crippen LogP contribution in [0.25, 0.3) is 22.3 Å². The predicted octanol–water partition coefficient (Wildman–Crippen LogP) is 7.97. The SMILES string of the molecule is C/C=C/CCc1ccc(-c2ccc(-c3cc(F)c(C(F)(F)F)c(F)c3)c(F)c2)cc1. The Kier molecular flexibility index (Phi) is 6.34. The zero-order chi connectivity index (χ0) is 21.9. The average molecular weight is 420 g/mol. The summed E-state index contributed by atoms with van der Waals surface area (Å²) in [6.07, 6.45) is 0.665. The Morgan fingerprint density at radius 2 is 1.30 bits per heavy atom. The number of benzene rings is 3. The van der Waals surface area contributed by atoms with E-state index in [2.05, 4.69) is 6.08 Å². The molecule has 0 aromatic heterocycles. The molecule has 0 aliphatic rings. The van der Waals surface area contributed by atoms with Crippen LogP contribution in [0.3, 0.4) is 0 Å². The van der Waals surface area contributed by atoms with Crippen molar-refractivity contribution in [3.05, 3.63) is 95.3 Å². The van der Waals surface area contributed by atoms with Crippen LogP contribution in [-0.2, 0) is 12.6 Å². The van der Waals surface area contributed by atoms with Crippen molar-refractivity contribution in [3.63, 3.8) is 0 Å². The lowest BCUT2D eigenvalue weighted by atomic mass is 9.97. The topological polar surface area (TPSA) is 0 Å². The maximum absolute atomic E-state index is 14.6. The molecule has 0 atom stereocenters. The first-order valence-corrected chi connectivity index (χ1v) is 9.27. The average Bonchev–Trinajstić information content (AvgIpc) is 2.67. The van der Waals surface area contributed by atoms with Crippen molar-refractivity contribution in [3.8, 4) is 22.3 Å². The largest absolute Gasteiger partial charge is 0.422 e. The van der Waals surface area contributed by atoms with Crippen molar-refractivity contribution in [1.29, 1.82) is 0 Å². The second-order valence-electron chi connectivity index (χ2n) is 6.81. The van der Waals surface area contributed by atoms with Gasteiger partial charge in [0, 0.05) is 5.56 Å². The van der Waals surface area contributed by atoms with E-state index in [4.69, 9.17) is 0 Å². The highest BCUT2D eigenvalue weighted by atomic mass is 19.4. The minimum Gasteiger partial charge on any atom is -0.206 e. The molecule has 0 fully saturated rings. The molecule has 0 N–H and O–H groups in total. The van der Waals surface area contributed by atoms with Crippen LogP contribution in [0.1, 0.15) is 24.5 Å². The summed E-state index contributed by atoms with van der Waals surface area (Å²) in [6.45, 7) is 1.95. The molecule has 30 heavy (non-hydrogen) atoms. The van der Waals surface area contributed by atoms with Crippen LogP contribution in [0.15, 0.2) is 66.7 Å². The third-order valence-electron chi connectivity index (χ3n) is 4.73. The summed E-state index contributed by atoms with van der Waals surface area (Å²) in [7, 11) is 0. The fraction of sp³-hybridized carbons (Fsp3) is 0.167. The Hall–Kier alpha value is -3.02. The van der Waals surface area contributed by atoms with Crippen LogP contribution >= 0.6 is 0 Å². The van der Waals surface area contributed by atoms with E-state index in [1.165, 1.54) is 12.1 Å². The maximum atomic E-state index is 14.6. The first-order chi connectivity index (χ1) is 14.2. The number of hydrogen-bond acceptors (Lipinski definition) is 0. The normalized spacial score (nSPS) is 12.0. The van der Waals surface area contributed by atoms with E-state index in [-0.39, 0.29) is 11.1 Å². The van der Waals surface area contributed by atoms with Gasteiger partial charge in [0.1, 0.15) is 23.0 Å². The molecular weight excluding hydrogens is 402 g/mol. The third-order valence-corrected chi connectivity index (χ3v) is 4.73. The molecule has 0 radical (unpaired) electrons. The minimum atomic E-state index is -5.17. The Morgan fingerprint density at radius 3 is 1.83 bits per heavy atom. The molecule has 0 bridgehead atoms. The van der Waals surface area contributed by atoms with Crippen LogP contribution in [-0.4, -0.2) is 0 Å². The second kappa shape index (κ2) is 8.78. The second-order valence-corrected chi connectivity index (χ2v) is 6.81. The number of halogens is 6. The molecule has 0 aliphatic heterocycles. The maximum Gasteiger partial charge on any atom is 0.422 e. The lowest BCUT2D eigenvalue weighted by molar-refractivity contribution is -0.142. The van der Waals surface area contributed by atoms with Crippen LogP contribution in [0.5, 0.6) is 0 Å². The Labute approximate surface area is 170 Å². The van der Waals surface area contributed by atoms with Gasteiger partial charge in [0.2, 0.25) is 0 Å². The molecule has 0 saturated heterocycles. The van der Waals surface area contributed by atoms with Crippen molar-refractivity contribution in [2.75, 3.05) is 0 Å². The molecule has 3 rings (SSSR count). The van der Waals surface area contributed by atoms with E-state index in [9.17, 15) is 26.3 Å². The molecule has 156 valence electrons. The molecule has 0 nitrogen and oxygen atoms in total. The van der Waals surface area contributed by atoms with E-state index in [1.807, 2.05) is 37.3 Å². The van der Waals surface area contributed by atoms with Crippen LogP contribution < -0.4 is 0 Å². The summed E-state index contributed by atoms with van der Waals surface area (Å²) >= 11 is 0. The smallest absolute Gasteiger partial charge is 0.206 e. The summed E-state index contributed by atoms with van der Waals surface area (Å²) in [6, 6.07) is 12.6. The summed E-state index contributed by atoms with van der Waals surface area (Å²) in [5.74, 6) is -4.35. The van der Waals surface area contributed by atoms with Crippen molar-refractivity contribution in [2.45, 2.75) is 25.9 Å². The number of aryl methyl sites for hydroxylation is 1. The third kappa shape index (κ3) is 4.75. The van der Waals surface area contributed by atoms with Gasteiger partial charge in [-0.2, -0.15) is 13.2 Å². The summed E-state index contributed by atoms with van der Waals surface area (Å²) in [4.78, 5) is 0. The van der Waals surface area contributed by atoms with E-state index < -0.39 is 29.2 Å². The summed E-state index contributed by atoms with van der Waals surface area (Å²) in [5.41, 5.74) is -0.0545. The van der Waals surface area contributed by atoms with Gasteiger partial charge in [-0.1, -0.05) is 48.6 Å². The van der Waals surface area contributed by atoms with Gasteiger partial charge in [-0.15, -0.1) is 0 Å². The highest BCUT2D eigenvalue weighted by molar-refractivity contribution is 5.71. The first-order valence-electron chi connectivity index (χ1n) is 9.27. The zero-order valence-electron chi connectivity index (χ0n) is 16.0. The highest BCUT2D eigenvalue weighted by Gasteiger charge is 2.38. The molecule has 0 aliphatic carbocycles. The van der Waals surface area contributed by atoms with E-state index in [0.717, 1.165) is 24.0 Å². The van der Waals surface area contributed by atoms with Crippen molar-refractivity contribution >= 4 is 0 Å². The molecule has 0 spiro atoms. The van der Waals surface area contributed by atoms with Crippen molar-refractivity contribution in [1.82, 2.24) is 0 Å². The van der Waals surface area contributed by atoms with Gasteiger partial charge in [0.25, 0.3) is 0 Å². The molecule has 3 aromatic carbocycles. The lowest BCUT2D eigenvalue weighted by Gasteiger charge is -2.12. The number of rotatable bonds is 5.